The molecule has 1 aliphatic rings. The van der Waals surface area contributed by atoms with Gasteiger partial charge in [0.15, 0.2) is 11.5 Å². The van der Waals surface area contributed by atoms with Crippen LogP contribution in [0.5, 0.6) is 11.5 Å². The van der Waals surface area contributed by atoms with E-state index in [9.17, 15) is 13.2 Å². The molecule has 2 aromatic rings. The lowest BCUT2D eigenvalue weighted by molar-refractivity contribution is 0.0734. The second-order valence-electron chi connectivity index (χ2n) is 6.30. The van der Waals surface area contributed by atoms with E-state index in [2.05, 4.69) is 4.72 Å². The lowest BCUT2D eigenvalue weighted by atomic mass is 9.98. The molecule has 28 heavy (non-hydrogen) atoms. The van der Waals surface area contributed by atoms with Crippen molar-refractivity contribution < 1.29 is 22.7 Å². The second-order valence-corrected chi connectivity index (χ2v) is 8.60. The number of sulfonamides is 1. The van der Waals surface area contributed by atoms with E-state index in [0.717, 1.165) is 11.1 Å². The zero-order valence-electron chi connectivity index (χ0n) is 15.8. The highest BCUT2D eigenvalue weighted by Crippen LogP contribution is 2.34. The molecule has 150 valence electrons. The van der Waals surface area contributed by atoms with Crippen LogP contribution >= 0.6 is 11.6 Å². The second kappa shape index (κ2) is 7.98. The molecule has 0 bridgehead atoms. The van der Waals surface area contributed by atoms with E-state index in [1.165, 1.54) is 25.2 Å². The molecule has 0 fully saturated rings. The summed E-state index contributed by atoms with van der Waals surface area (Å²) in [7, 11) is 0.777. The Hall–Kier alpha value is -2.29. The normalized spacial score (nSPS) is 13.8. The molecular formula is C19H21ClN2O5S. The highest BCUT2D eigenvalue weighted by molar-refractivity contribution is 7.89. The molecule has 1 heterocycles. The number of nitrogens with zero attached hydrogens (tertiary/aromatic N) is 1. The fourth-order valence-corrected chi connectivity index (χ4v) is 4.13. The Morgan fingerprint density at radius 2 is 1.75 bits per heavy atom. The van der Waals surface area contributed by atoms with Gasteiger partial charge in [0.25, 0.3) is 5.91 Å². The van der Waals surface area contributed by atoms with Gasteiger partial charge in [-0.3, -0.25) is 4.79 Å². The number of hydrogen-bond acceptors (Lipinski definition) is 5. The van der Waals surface area contributed by atoms with Gasteiger partial charge in [-0.25, -0.2) is 13.1 Å². The van der Waals surface area contributed by atoms with Gasteiger partial charge in [-0.05, 0) is 54.9 Å². The van der Waals surface area contributed by atoms with Gasteiger partial charge in [0.1, 0.15) is 0 Å². The number of fused-ring (bicyclic) bond motifs is 1. The highest BCUT2D eigenvalue weighted by atomic mass is 35.5. The minimum Gasteiger partial charge on any atom is -0.493 e. The predicted octanol–water partition coefficient (Wildman–Crippen LogP) is 2.46. The van der Waals surface area contributed by atoms with Crippen LogP contribution < -0.4 is 14.2 Å². The molecule has 0 saturated heterocycles. The summed E-state index contributed by atoms with van der Waals surface area (Å²) in [4.78, 5) is 14.7. The van der Waals surface area contributed by atoms with Gasteiger partial charge in [-0.2, -0.15) is 0 Å². The van der Waals surface area contributed by atoms with Crippen molar-refractivity contribution >= 4 is 27.5 Å². The Balaban J connectivity index is 1.92. The van der Waals surface area contributed by atoms with Crippen LogP contribution in [-0.4, -0.2) is 47.0 Å². The molecular weight excluding hydrogens is 404 g/mol. The zero-order chi connectivity index (χ0) is 20.5. The molecule has 3 rings (SSSR count). The standard InChI is InChI=1S/C19H21ClN2O5S/c1-21-28(24,25)14-4-5-16(20)15(10-14)19(23)22-7-6-12-8-17(26-2)18(27-3)9-13(12)11-22/h4-5,8-10,21H,6-7,11H2,1-3H3. The van der Waals surface area contributed by atoms with E-state index in [1.807, 2.05) is 12.1 Å². The summed E-state index contributed by atoms with van der Waals surface area (Å²) in [5.41, 5.74) is 2.19. The maximum atomic E-state index is 13.0. The first-order chi connectivity index (χ1) is 13.3. The quantitative estimate of drug-likeness (QED) is 0.796. The first kappa shape index (κ1) is 20.4. The highest BCUT2D eigenvalue weighted by Gasteiger charge is 2.26. The maximum absolute atomic E-state index is 13.0. The van der Waals surface area contributed by atoms with Crippen molar-refractivity contribution in [1.29, 1.82) is 0 Å². The lowest BCUT2D eigenvalue weighted by Crippen LogP contribution is -2.36. The summed E-state index contributed by atoms with van der Waals surface area (Å²) < 4.78 is 37.0. The zero-order valence-corrected chi connectivity index (χ0v) is 17.4. The van der Waals surface area contributed by atoms with E-state index in [1.54, 1.807) is 19.1 Å². The van der Waals surface area contributed by atoms with Crippen LogP contribution in [0.2, 0.25) is 5.02 Å². The van der Waals surface area contributed by atoms with Gasteiger partial charge in [0.2, 0.25) is 10.0 Å². The number of benzene rings is 2. The Morgan fingerprint density at radius 1 is 1.11 bits per heavy atom. The molecule has 0 atom stereocenters. The Morgan fingerprint density at radius 3 is 2.36 bits per heavy atom. The van der Waals surface area contributed by atoms with Crippen LogP contribution in [0.25, 0.3) is 0 Å². The molecule has 0 radical (unpaired) electrons. The summed E-state index contributed by atoms with van der Waals surface area (Å²) >= 11 is 6.19. The number of carbonyl (C=O) groups is 1. The van der Waals surface area contributed by atoms with E-state index in [0.29, 0.717) is 31.0 Å². The van der Waals surface area contributed by atoms with E-state index >= 15 is 0 Å². The van der Waals surface area contributed by atoms with Crippen molar-refractivity contribution in [1.82, 2.24) is 9.62 Å². The molecule has 1 aliphatic heterocycles. The number of nitrogens with one attached hydrogen (secondary N) is 1. The molecule has 7 nitrogen and oxygen atoms in total. The summed E-state index contributed by atoms with van der Waals surface area (Å²) in [5, 5.41) is 0.207. The van der Waals surface area contributed by atoms with Crippen LogP contribution in [-0.2, 0) is 23.0 Å². The molecule has 1 amide bonds. The van der Waals surface area contributed by atoms with Crippen LogP contribution in [0, 0.1) is 0 Å². The van der Waals surface area contributed by atoms with Crippen LogP contribution in [0.1, 0.15) is 21.5 Å². The van der Waals surface area contributed by atoms with Crippen molar-refractivity contribution in [2.45, 2.75) is 17.9 Å². The number of halogens is 1. The SMILES string of the molecule is CNS(=O)(=O)c1ccc(Cl)c(C(=O)N2CCc3cc(OC)c(OC)cc3C2)c1. The summed E-state index contributed by atoms with van der Waals surface area (Å²) in [6.45, 7) is 0.856. The van der Waals surface area contributed by atoms with Crippen molar-refractivity contribution in [3.8, 4) is 11.5 Å². The third-order valence-corrected chi connectivity index (χ3v) is 6.49. The number of hydrogen-bond donors (Lipinski definition) is 1. The molecule has 0 saturated carbocycles. The molecule has 9 heteroatoms. The van der Waals surface area contributed by atoms with Crippen LogP contribution in [0.15, 0.2) is 35.2 Å². The van der Waals surface area contributed by atoms with Crippen LogP contribution in [0.3, 0.4) is 0 Å². The monoisotopic (exact) mass is 424 g/mol. The third-order valence-electron chi connectivity index (χ3n) is 4.75. The molecule has 2 aromatic carbocycles. The maximum Gasteiger partial charge on any atom is 0.255 e. The van der Waals surface area contributed by atoms with Crippen molar-refractivity contribution in [2.24, 2.45) is 0 Å². The van der Waals surface area contributed by atoms with Gasteiger partial charge >= 0.3 is 0 Å². The third kappa shape index (κ3) is 3.80. The Labute approximate surface area is 169 Å². The number of amides is 1. The number of methoxy groups -OCH3 is 2. The van der Waals surface area contributed by atoms with Gasteiger partial charge in [-0.1, -0.05) is 11.6 Å². The summed E-state index contributed by atoms with van der Waals surface area (Å²) in [6.07, 6.45) is 0.646. The molecule has 0 aliphatic carbocycles. The average Bonchev–Trinajstić information content (AvgIpc) is 2.71. The molecule has 0 aromatic heterocycles. The smallest absolute Gasteiger partial charge is 0.255 e. The first-order valence-corrected chi connectivity index (χ1v) is 10.4. The Bertz CT molecular complexity index is 1020. The van der Waals surface area contributed by atoms with Crippen molar-refractivity contribution in [3.05, 3.63) is 52.0 Å². The van der Waals surface area contributed by atoms with Gasteiger partial charge < -0.3 is 14.4 Å². The molecule has 0 spiro atoms. The first-order valence-electron chi connectivity index (χ1n) is 8.57. The van der Waals surface area contributed by atoms with Crippen molar-refractivity contribution in [3.63, 3.8) is 0 Å². The van der Waals surface area contributed by atoms with Gasteiger partial charge in [0, 0.05) is 13.1 Å². The molecule has 1 N–H and O–H groups in total. The topological polar surface area (TPSA) is 84.9 Å². The number of rotatable bonds is 5. The van der Waals surface area contributed by atoms with Gasteiger partial charge in [-0.15, -0.1) is 0 Å². The summed E-state index contributed by atoms with van der Waals surface area (Å²) in [5.74, 6) is 0.920. The van der Waals surface area contributed by atoms with Crippen molar-refractivity contribution in [2.75, 3.05) is 27.8 Å². The Kier molecular flexibility index (Phi) is 5.83. The molecule has 0 unspecified atom stereocenters. The lowest BCUT2D eigenvalue weighted by Gasteiger charge is -2.30. The van der Waals surface area contributed by atoms with Gasteiger partial charge in [0.05, 0.1) is 29.7 Å². The number of carbonyl (C=O) groups excluding carboxylic acids is 1. The van der Waals surface area contributed by atoms with E-state index < -0.39 is 10.0 Å². The van der Waals surface area contributed by atoms with E-state index in [-0.39, 0.29) is 21.4 Å². The minimum atomic E-state index is -3.68. The summed E-state index contributed by atoms with van der Waals surface area (Å²) in [6, 6.07) is 7.87. The average molecular weight is 425 g/mol. The fraction of sp³-hybridized carbons (Fsp3) is 0.316. The number of ether oxygens (including phenoxy) is 2. The fourth-order valence-electron chi connectivity index (χ4n) is 3.18. The minimum absolute atomic E-state index is 0.00781. The largest absolute Gasteiger partial charge is 0.493 e. The van der Waals surface area contributed by atoms with E-state index in [4.69, 9.17) is 21.1 Å². The van der Waals surface area contributed by atoms with Crippen LogP contribution in [0.4, 0.5) is 0 Å². The predicted molar refractivity (Wildman–Crippen MR) is 106 cm³/mol.